The molecule has 1 aliphatic rings. The van der Waals surface area contributed by atoms with Crippen molar-refractivity contribution in [3.63, 3.8) is 0 Å². The van der Waals surface area contributed by atoms with Gasteiger partial charge in [0.05, 0.1) is 17.5 Å². The number of nitrogens with one attached hydrogen (secondary N) is 1. The molecule has 0 spiro atoms. The van der Waals surface area contributed by atoms with Gasteiger partial charge in [-0.1, -0.05) is 48.2 Å². The van der Waals surface area contributed by atoms with Gasteiger partial charge in [-0.25, -0.2) is 4.98 Å². The van der Waals surface area contributed by atoms with Crippen molar-refractivity contribution in [2.75, 3.05) is 12.5 Å². The Hall–Kier alpha value is -2.51. The predicted molar refractivity (Wildman–Crippen MR) is 107 cm³/mol. The summed E-state index contributed by atoms with van der Waals surface area (Å²) in [5, 5.41) is 5.04. The molecule has 138 valence electrons. The summed E-state index contributed by atoms with van der Waals surface area (Å²) >= 11 is 3.01. The van der Waals surface area contributed by atoms with E-state index < -0.39 is 0 Å². The zero-order valence-electron chi connectivity index (χ0n) is 14.7. The highest BCUT2D eigenvalue weighted by Crippen LogP contribution is 2.34. The average Bonchev–Trinajstić information content (AvgIpc) is 3.36. The smallest absolute Gasteiger partial charge is 0.231 e. The van der Waals surface area contributed by atoms with Gasteiger partial charge in [-0.15, -0.1) is 11.3 Å². The van der Waals surface area contributed by atoms with Gasteiger partial charge in [-0.2, -0.15) is 0 Å². The first-order valence-electron chi connectivity index (χ1n) is 8.52. The first-order valence-corrected chi connectivity index (χ1v) is 10.4. The molecule has 0 unspecified atom stereocenters. The van der Waals surface area contributed by atoms with Gasteiger partial charge >= 0.3 is 0 Å². The summed E-state index contributed by atoms with van der Waals surface area (Å²) in [6, 6.07) is 15.6. The van der Waals surface area contributed by atoms with Gasteiger partial charge < -0.3 is 14.8 Å². The fourth-order valence-corrected chi connectivity index (χ4v) is 4.39. The summed E-state index contributed by atoms with van der Waals surface area (Å²) in [7, 11) is 0. The van der Waals surface area contributed by atoms with Crippen molar-refractivity contribution in [1.82, 2.24) is 10.3 Å². The zero-order chi connectivity index (χ0) is 18.6. The van der Waals surface area contributed by atoms with Crippen molar-refractivity contribution < 1.29 is 14.3 Å². The van der Waals surface area contributed by atoms with Gasteiger partial charge in [-0.3, -0.25) is 4.79 Å². The molecule has 5 nitrogen and oxygen atoms in total. The van der Waals surface area contributed by atoms with Gasteiger partial charge in [0.15, 0.2) is 15.8 Å². The van der Waals surface area contributed by atoms with Crippen molar-refractivity contribution in [2.45, 2.75) is 17.3 Å². The van der Waals surface area contributed by atoms with Gasteiger partial charge in [-0.05, 0) is 24.6 Å². The minimum atomic E-state index is -0.108. The van der Waals surface area contributed by atoms with E-state index in [-0.39, 0.29) is 18.7 Å². The molecule has 1 atom stereocenters. The van der Waals surface area contributed by atoms with Crippen LogP contribution in [0.1, 0.15) is 18.5 Å². The number of amides is 1. The van der Waals surface area contributed by atoms with E-state index in [4.69, 9.17) is 9.47 Å². The van der Waals surface area contributed by atoms with Gasteiger partial charge in [0.2, 0.25) is 12.7 Å². The Morgan fingerprint density at radius 1 is 1.22 bits per heavy atom. The number of thiazole rings is 1. The van der Waals surface area contributed by atoms with Crippen LogP contribution in [-0.4, -0.2) is 23.4 Å². The zero-order valence-corrected chi connectivity index (χ0v) is 16.3. The molecule has 1 amide bonds. The van der Waals surface area contributed by atoms with E-state index >= 15 is 0 Å². The maximum absolute atomic E-state index is 12.3. The van der Waals surface area contributed by atoms with Gasteiger partial charge in [0, 0.05) is 10.9 Å². The van der Waals surface area contributed by atoms with E-state index in [1.54, 1.807) is 11.3 Å². The number of hydrogen-bond donors (Lipinski definition) is 1. The molecule has 27 heavy (non-hydrogen) atoms. The fraction of sp³-hybridized carbons (Fsp3) is 0.200. The lowest BCUT2D eigenvalue weighted by atomic mass is 10.1. The molecule has 0 saturated carbocycles. The second-order valence-corrected chi connectivity index (χ2v) is 8.14. The molecule has 0 bridgehead atoms. The third kappa shape index (κ3) is 4.26. The van der Waals surface area contributed by atoms with E-state index in [9.17, 15) is 4.79 Å². The summed E-state index contributed by atoms with van der Waals surface area (Å²) < 4.78 is 11.6. The van der Waals surface area contributed by atoms with E-state index in [1.165, 1.54) is 11.8 Å². The molecule has 1 aliphatic heterocycles. The monoisotopic (exact) mass is 398 g/mol. The highest BCUT2D eigenvalue weighted by Gasteiger charge is 2.17. The van der Waals surface area contributed by atoms with Crippen LogP contribution in [0.2, 0.25) is 0 Å². The molecule has 3 aromatic rings. The lowest BCUT2D eigenvalue weighted by Gasteiger charge is -2.14. The maximum Gasteiger partial charge on any atom is 0.231 e. The molecule has 2 aromatic carbocycles. The van der Waals surface area contributed by atoms with Crippen LogP contribution < -0.4 is 14.8 Å². The highest BCUT2D eigenvalue weighted by atomic mass is 32.2. The van der Waals surface area contributed by atoms with E-state index in [0.717, 1.165) is 32.7 Å². The number of thioether (sulfide) groups is 1. The number of carbonyl (C=O) groups is 1. The van der Waals surface area contributed by atoms with E-state index in [0.29, 0.717) is 5.75 Å². The summed E-state index contributed by atoms with van der Waals surface area (Å²) in [6.07, 6.45) is 0. The number of fused-ring (bicyclic) bond motifs is 1. The largest absolute Gasteiger partial charge is 0.454 e. The maximum atomic E-state index is 12.3. The molecule has 0 saturated heterocycles. The molecule has 2 heterocycles. The number of rotatable bonds is 6. The standard InChI is InChI=1S/C20H18N2O3S2/c1-13(15-7-8-17-18(9-15)25-12-24-17)21-19(23)11-27-20-22-16(10-26-20)14-5-3-2-4-6-14/h2-10,13H,11-12H2,1H3,(H,21,23)/t13-/m1/s1. The number of carbonyl (C=O) groups excluding carboxylic acids is 1. The number of aromatic nitrogens is 1. The van der Waals surface area contributed by atoms with E-state index in [2.05, 4.69) is 10.3 Å². The van der Waals surface area contributed by atoms with Crippen LogP contribution >= 0.6 is 23.1 Å². The Labute approximate surface area is 165 Å². The quantitative estimate of drug-likeness (QED) is 0.619. The normalized spacial score (nSPS) is 13.4. The van der Waals surface area contributed by atoms with E-state index in [1.807, 2.05) is 60.8 Å². The van der Waals surface area contributed by atoms with Crippen molar-refractivity contribution in [1.29, 1.82) is 0 Å². The number of benzene rings is 2. The average molecular weight is 399 g/mol. The van der Waals surface area contributed by atoms with Crippen LogP contribution in [0, 0.1) is 0 Å². The van der Waals surface area contributed by atoms with Crippen LogP contribution in [0.5, 0.6) is 11.5 Å². The minimum Gasteiger partial charge on any atom is -0.454 e. The lowest BCUT2D eigenvalue weighted by molar-refractivity contribution is -0.119. The summed E-state index contributed by atoms with van der Waals surface area (Å²) in [4.78, 5) is 16.9. The van der Waals surface area contributed by atoms with Crippen molar-refractivity contribution in [2.24, 2.45) is 0 Å². The Balaban J connectivity index is 1.31. The number of ether oxygens (including phenoxy) is 2. The topological polar surface area (TPSA) is 60.5 Å². The SMILES string of the molecule is C[C@@H](NC(=O)CSc1nc(-c2ccccc2)cs1)c1ccc2c(c1)OCO2. The summed E-state index contributed by atoms with van der Waals surface area (Å²) in [5.74, 6) is 1.77. The molecule has 0 aliphatic carbocycles. The Morgan fingerprint density at radius 3 is 2.89 bits per heavy atom. The Kier molecular flexibility index (Phi) is 5.31. The summed E-state index contributed by atoms with van der Waals surface area (Å²) in [6.45, 7) is 2.20. The minimum absolute atomic E-state index is 0.0263. The van der Waals surface area contributed by atoms with Crippen LogP contribution in [-0.2, 0) is 4.79 Å². The Bertz CT molecular complexity index is 943. The number of hydrogen-bond acceptors (Lipinski definition) is 6. The molecular formula is C20H18N2O3S2. The third-order valence-electron chi connectivity index (χ3n) is 4.15. The van der Waals surface area contributed by atoms with Crippen LogP contribution in [0.15, 0.2) is 58.3 Å². The molecule has 1 aromatic heterocycles. The summed E-state index contributed by atoms with van der Waals surface area (Å²) in [5.41, 5.74) is 3.01. The first-order chi connectivity index (χ1) is 13.2. The highest BCUT2D eigenvalue weighted by molar-refractivity contribution is 8.01. The molecule has 1 N–H and O–H groups in total. The van der Waals surface area contributed by atoms with Gasteiger partial charge in [0.25, 0.3) is 0 Å². The second kappa shape index (κ2) is 8.02. The van der Waals surface area contributed by atoms with Crippen LogP contribution in [0.4, 0.5) is 0 Å². The molecule has 0 fully saturated rings. The molecule has 7 heteroatoms. The molecule has 0 radical (unpaired) electrons. The van der Waals surface area contributed by atoms with Gasteiger partial charge in [0.1, 0.15) is 0 Å². The lowest BCUT2D eigenvalue weighted by Crippen LogP contribution is -2.28. The number of nitrogens with zero attached hydrogens (tertiary/aromatic N) is 1. The first kappa shape index (κ1) is 17.9. The third-order valence-corrected chi connectivity index (χ3v) is 6.17. The predicted octanol–water partition coefficient (Wildman–Crippen LogP) is 4.51. The van der Waals surface area contributed by atoms with Crippen molar-refractivity contribution in [3.05, 3.63) is 59.5 Å². The van der Waals surface area contributed by atoms with Crippen molar-refractivity contribution in [3.8, 4) is 22.8 Å². The fourth-order valence-electron chi connectivity index (χ4n) is 2.74. The molecular weight excluding hydrogens is 380 g/mol. The van der Waals surface area contributed by atoms with Crippen LogP contribution in [0.3, 0.4) is 0 Å². The second-order valence-electron chi connectivity index (χ2n) is 6.06. The van der Waals surface area contributed by atoms with Crippen LogP contribution in [0.25, 0.3) is 11.3 Å². The van der Waals surface area contributed by atoms with Crippen molar-refractivity contribution >= 4 is 29.0 Å². The molecule has 4 rings (SSSR count). The Morgan fingerprint density at radius 2 is 2.04 bits per heavy atom.